The fraction of sp³-hybridized carbons (Fsp3) is 0.0667. The van der Waals surface area contributed by atoms with Crippen LogP contribution in [-0.4, -0.2) is 14.5 Å². The number of rotatable bonds is 4. The minimum Gasteiger partial charge on any atom is -0.396 e. The maximum absolute atomic E-state index is 6.17. The molecule has 7 heteroatoms. The summed E-state index contributed by atoms with van der Waals surface area (Å²) in [5, 5.41) is 0.734. The summed E-state index contributed by atoms with van der Waals surface area (Å²) in [4.78, 5) is 8.64. The Labute approximate surface area is 132 Å². The highest BCUT2D eigenvalue weighted by atomic mass is 35.5. The lowest BCUT2D eigenvalue weighted by molar-refractivity contribution is 0.798. The molecule has 5 N–H and O–H groups in total. The molecule has 2 heterocycles. The van der Waals surface area contributed by atoms with Gasteiger partial charge in [0.15, 0.2) is 0 Å². The Morgan fingerprint density at radius 2 is 2.00 bits per heavy atom. The van der Waals surface area contributed by atoms with Crippen LogP contribution in [0, 0.1) is 0 Å². The fourth-order valence-electron chi connectivity index (χ4n) is 2.13. The molecule has 0 aliphatic rings. The van der Waals surface area contributed by atoms with Gasteiger partial charge in [-0.15, -0.1) is 0 Å². The number of hydrogen-bond acceptors (Lipinski definition) is 5. The maximum atomic E-state index is 6.17. The largest absolute Gasteiger partial charge is 0.396 e. The number of halogens is 1. The van der Waals surface area contributed by atoms with Crippen molar-refractivity contribution in [1.82, 2.24) is 14.5 Å². The van der Waals surface area contributed by atoms with Gasteiger partial charge >= 0.3 is 0 Å². The highest BCUT2D eigenvalue weighted by Crippen LogP contribution is 2.23. The summed E-state index contributed by atoms with van der Waals surface area (Å²) >= 11 is 6.17. The van der Waals surface area contributed by atoms with Crippen molar-refractivity contribution in [2.24, 2.45) is 5.84 Å². The Bertz CT molecular complexity index is 798. The highest BCUT2D eigenvalue weighted by molar-refractivity contribution is 6.31. The molecule has 0 saturated carbocycles. The summed E-state index contributed by atoms with van der Waals surface area (Å²) in [6.45, 7) is 0.643. The number of benzene rings is 1. The first-order valence-corrected chi connectivity index (χ1v) is 7.03. The molecule has 22 heavy (non-hydrogen) atoms. The van der Waals surface area contributed by atoms with Crippen LogP contribution in [0.1, 0.15) is 5.56 Å². The van der Waals surface area contributed by atoms with Gasteiger partial charge in [0.05, 0.1) is 29.6 Å². The van der Waals surface area contributed by atoms with E-state index in [4.69, 9.17) is 23.2 Å². The third kappa shape index (κ3) is 2.88. The Hall–Kier alpha value is -2.57. The zero-order valence-corrected chi connectivity index (χ0v) is 12.5. The average molecular weight is 315 g/mol. The van der Waals surface area contributed by atoms with Gasteiger partial charge < -0.3 is 15.7 Å². The van der Waals surface area contributed by atoms with Crippen molar-refractivity contribution in [2.45, 2.75) is 6.54 Å². The number of pyridine rings is 1. The van der Waals surface area contributed by atoms with Crippen LogP contribution in [-0.2, 0) is 6.54 Å². The summed E-state index contributed by atoms with van der Waals surface area (Å²) in [5.41, 5.74) is 11.9. The number of hydrazine groups is 1. The first-order valence-electron chi connectivity index (χ1n) is 6.65. The van der Waals surface area contributed by atoms with Gasteiger partial charge in [-0.05, 0) is 17.7 Å². The van der Waals surface area contributed by atoms with Crippen LogP contribution < -0.4 is 17.0 Å². The first-order chi connectivity index (χ1) is 10.7. The van der Waals surface area contributed by atoms with Crippen molar-refractivity contribution in [3.63, 3.8) is 0 Å². The lowest BCUT2D eigenvalue weighted by Crippen LogP contribution is -2.09. The van der Waals surface area contributed by atoms with Gasteiger partial charge in [0, 0.05) is 17.8 Å². The van der Waals surface area contributed by atoms with E-state index in [1.807, 2.05) is 35.0 Å². The summed E-state index contributed by atoms with van der Waals surface area (Å²) in [7, 11) is 0. The molecule has 0 amide bonds. The van der Waals surface area contributed by atoms with E-state index in [1.54, 1.807) is 18.6 Å². The monoisotopic (exact) mass is 314 g/mol. The van der Waals surface area contributed by atoms with Crippen LogP contribution in [0.25, 0.3) is 11.4 Å². The van der Waals surface area contributed by atoms with Crippen LogP contribution in [0.2, 0.25) is 5.02 Å². The molecule has 0 unspecified atom stereocenters. The molecule has 0 radical (unpaired) electrons. The van der Waals surface area contributed by atoms with E-state index in [-0.39, 0.29) is 0 Å². The third-order valence-corrected chi connectivity index (χ3v) is 3.67. The molecule has 0 atom stereocenters. The van der Waals surface area contributed by atoms with E-state index in [0.29, 0.717) is 23.6 Å². The van der Waals surface area contributed by atoms with Crippen LogP contribution >= 0.6 is 11.6 Å². The Morgan fingerprint density at radius 3 is 2.77 bits per heavy atom. The Balaban J connectivity index is 1.86. The molecular formula is C15H15ClN6. The number of nitrogens with two attached hydrogens (primary N) is 2. The molecular weight excluding hydrogens is 300 g/mol. The highest BCUT2D eigenvalue weighted by Gasteiger charge is 2.08. The van der Waals surface area contributed by atoms with Gasteiger partial charge in [0.25, 0.3) is 0 Å². The smallest absolute Gasteiger partial charge is 0.107 e. The SMILES string of the molecule is NNc1cc(-c2cn(Cc3ccccc3Cl)cn2)ncc1N. The summed E-state index contributed by atoms with van der Waals surface area (Å²) in [6.07, 6.45) is 5.20. The summed E-state index contributed by atoms with van der Waals surface area (Å²) in [6, 6.07) is 9.48. The number of nitrogen functional groups attached to an aromatic ring is 2. The summed E-state index contributed by atoms with van der Waals surface area (Å²) in [5.74, 6) is 5.42. The number of aromatic nitrogens is 3. The number of nitrogens with one attached hydrogen (secondary N) is 1. The van der Waals surface area contributed by atoms with E-state index in [0.717, 1.165) is 16.3 Å². The second-order valence-corrected chi connectivity index (χ2v) is 5.23. The van der Waals surface area contributed by atoms with E-state index < -0.39 is 0 Å². The van der Waals surface area contributed by atoms with E-state index >= 15 is 0 Å². The Morgan fingerprint density at radius 1 is 1.18 bits per heavy atom. The van der Waals surface area contributed by atoms with Gasteiger partial charge in [-0.1, -0.05) is 29.8 Å². The number of anilines is 2. The third-order valence-electron chi connectivity index (χ3n) is 3.30. The minimum atomic E-state index is 0.488. The molecule has 0 aliphatic heterocycles. The second-order valence-electron chi connectivity index (χ2n) is 4.82. The van der Waals surface area contributed by atoms with Crippen LogP contribution in [0.15, 0.2) is 49.1 Å². The fourth-order valence-corrected chi connectivity index (χ4v) is 2.33. The molecule has 6 nitrogen and oxygen atoms in total. The molecule has 112 valence electrons. The van der Waals surface area contributed by atoms with Crippen molar-refractivity contribution >= 4 is 23.0 Å². The second kappa shape index (κ2) is 6.05. The topological polar surface area (TPSA) is 94.8 Å². The van der Waals surface area contributed by atoms with Crippen molar-refractivity contribution in [3.05, 3.63) is 59.6 Å². The van der Waals surface area contributed by atoms with Crippen molar-refractivity contribution in [3.8, 4) is 11.4 Å². The predicted octanol–water partition coefficient (Wildman–Crippen LogP) is 2.51. The minimum absolute atomic E-state index is 0.488. The van der Waals surface area contributed by atoms with Crippen LogP contribution in [0.4, 0.5) is 11.4 Å². The number of hydrogen-bond donors (Lipinski definition) is 3. The quantitative estimate of drug-likeness (QED) is 0.508. The summed E-state index contributed by atoms with van der Waals surface area (Å²) < 4.78 is 1.95. The zero-order chi connectivity index (χ0) is 15.5. The van der Waals surface area contributed by atoms with Crippen LogP contribution in [0.3, 0.4) is 0 Å². The lowest BCUT2D eigenvalue weighted by atomic mass is 10.2. The van der Waals surface area contributed by atoms with E-state index in [2.05, 4.69) is 15.4 Å². The molecule has 1 aromatic carbocycles. The molecule has 0 bridgehead atoms. The molecule has 0 aliphatic carbocycles. The predicted molar refractivity (Wildman–Crippen MR) is 88.2 cm³/mol. The van der Waals surface area contributed by atoms with Crippen molar-refractivity contribution in [2.75, 3.05) is 11.2 Å². The normalized spacial score (nSPS) is 10.6. The Kier molecular flexibility index (Phi) is 3.95. The van der Waals surface area contributed by atoms with Gasteiger partial charge in [0.1, 0.15) is 5.69 Å². The van der Waals surface area contributed by atoms with Crippen molar-refractivity contribution in [1.29, 1.82) is 0 Å². The van der Waals surface area contributed by atoms with Gasteiger partial charge in [-0.3, -0.25) is 10.8 Å². The molecule has 0 spiro atoms. The van der Waals surface area contributed by atoms with Gasteiger partial charge in [-0.2, -0.15) is 0 Å². The molecule has 2 aromatic heterocycles. The molecule has 3 aromatic rings. The number of imidazole rings is 1. The standard InChI is InChI=1S/C15H15ClN6/c16-11-4-2-1-3-10(11)7-22-8-15(20-9-22)14-5-13(21-18)12(17)6-19-14/h1-6,8-9H,7,17-18H2,(H,19,21). The van der Waals surface area contributed by atoms with E-state index in [9.17, 15) is 0 Å². The molecule has 3 rings (SSSR count). The van der Waals surface area contributed by atoms with Gasteiger partial charge in [-0.25, -0.2) is 4.98 Å². The van der Waals surface area contributed by atoms with Crippen LogP contribution in [0.5, 0.6) is 0 Å². The average Bonchev–Trinajstić information content (AvgIpc) is 2.99. The first kappa shape index (κ1) is 14.4. The maximum Gasteiger partial charge on any atom is 0.107 e. The zero-order valence-electron chi connectivity index (χ0n) is 11.7. The van der Waals surface area contributed by atoms with Crippen molar-refractivity contribution < 1.29 is 0 Å². The number of nitrogens with zero attached hydrogens (tertiary/aromatic N) is 3. The lowest BCUT2D eigenvalue weighted by Gasteiger charge is -2.06. The van der Waals surface area contributed by atoms with E-state index in [1.165, 1.54) is 0 Å². The van der Waals surface area contributed by atoms with Gasteiger partial charge in [0.2, 0.25) is 0 Å². The molecule has 0 fully saturated rings. The molecule has 0 saturated heterocycles.